The van der Waals surface area contributed by atoms with Gasteiger partial charge in [-0.05, 0) is 49.7 Å². The third kappa shape index (κ3) is 3.31. The molecule has 2 fully saturated rings. The van der Waals surface area contributed by atoms with Crippen LogP contribution >= 0.6 is 0 Å². The summed E-state index contributed by atoms with van der Waals surface area (Å²) in [4.78, 5) is 12.4. The molecule has 0 aromatic heterocycles. The Morgan fingerprint density at radius 2 is 2.05 bits per heavy atom. The molecule has 3 rings (SSSR count). The van der Waals surface area contributed by atoms with E-state index in [9.17, 15) is 4.79 Å². The van der Waals surface area contributed by atoms with Crippen LogP contribution in [-0.4, -0.2) is 25.1 Å². The quantitative estimate of drug-likeness (QED) is 0.798. The predicted molar refractivity (Wildman–Crippen MR) is 77.7 cm³/mol. The zero-order valence-corrected chi connectivity index (χ0v) is 11.7. The molecule has 2 aliphatic carbocycles. The van der Waals surface area contributed by atoms with Gasteiger partial charge in [-0.15, -0.1) is 0 Å². The second-order valence-electron chi connectivity index (χ2n) is 5.90. The van der Waals surface area contributed by atoms with Crippen molar-refractivity contribution in [1.29, 1.82) is 0 Å². The highest BCUT2D eigenvalue weighted by Gasteiger charge is 2.32. The lowest BCUT2D eigenvalue weighted by Crippen LogP contribution is -2.41. The van der Waals surface area contributed by atoms with Gasteiger partial charge in [0.25, 0.3) is 5.91 Å². The summed E-state index contributed by atoms with van der Waals surface area (Å²) in [5, 5.41) is 3.04. The van der Waals surface area contributed by atoms with E-state index in [2.05, 4.69) is 5.32 Å². The zero-order valence-electron chi connectivity index (χ0n) is 11.7. The van der Waals surface area contributed by atoms with E-state index < -0.39 is 0 Å². The molecule has 0 radical (unpaired) electrons. The van der Waals surface area contributed by atoms with Gasteiger partial charge in [-0.3, -0.25) is 4.79 Å². The SMILES string of the molecule is NCC(NC(=O)c1ccccc1OCC1CC1)C1CC1. The van der Waals surface area contributed by atoms with Crippen molar-refractivity contribution in [3.05, 3.63) is 29.8 Å². The molecule has 1 aromatic carbocycles. The van der Waals surface area contributed by atoms with Crippen molar-refractivity contribution in [2.24, 2.45) is 17.6 Å². The molecule has 1 aromatic rings. The Hall–Kier alpha value is -1.55. The minimum Gasteiger partial charge on any atom is -0.492 e. The number of nitrogens with one attached hydrogen (secondary N) is 1. The van der Waals surface area contributed by atoms with E-state index in [1.165, 1.54) is 25.7 Å². The lowest BCUT2D eigenvalue weighted by molar-refractivity contribution is 0.0929. The van der Waals surface area contributed by atoms with Gasteiger partial charge >= 0.3 is 0 Å². The lowest BCUT2D eigenvalue weighted by atomic mass is 10.1. The summed E-state index contributed by atoms with van der Waals surface area (Å²) in [5.41, 5.74) is 6.36. The maximum Gasteiger partial charge on any atom is 0.255 e. The van der Waals surface area contributed by atoms with Crippen molar-refractivity contribution >= 4 is 5.91 Å². The van der Waals surface area contributed by atoms with E-state index in [0.717, 1.165) is 0 Å². The Morgan fingerprint density at radius 1 is 1.30 bits per heavy atom. The highest BCUT2D eigenvalue weighted by molar-refractivity contribution is 5.97. The van der Waals surface area contributed by atoms with Crippen LogP contribution in [0.25, 0.3) is 0 Å². The first kappa shape index (κ1) is 13.4. The molecule has 20 heavy (non-hydrogen) atoms. The highest BCUT2D eigenvalue weighted by Crippen LogP contribution is 2.33. The van der Waals surface area contributed by atoms with Crippen LogP contribution < -0.4 is 15.8 Å². The van der Waals surface area contributed by atoms with Gasteiger partial charge < -0.3 is 15.8 Å². The van der Waals surface area contributed by atoms with Crippen LogP contribution in [0.15, 0.2) is 24.3 Å². The first-order valence-corrected chi connectivity index (χ1v) is 7.50. The van der Waals surface area contributed by atoms with Gasteiger partial charge in [0.05, 0.1) is 12.2 Å². The molecular weight excluding hydrogens is 252 g/mol. The molecular formula is C16H22N2O2. The summed E-state index contributed by atoms with van der Waals surface area (Å²) < 4.78 is 5.78. The average Bonchev–Trinajstić information content (AvgIpc) is 3.36. The molecule has 0 bridgehead atoms. The smallest absolute Gasteiger partial charge is 0.255 e. The Balaban J connectivity index is 1.65. The number of hydrogen-bond donors (Lipinski definition) is 2. The van der Waals surface area contributed by atoms with Crippen LogP contribution in [0.2, 0.25) is 0 Å². The molecule has 1 atom stereocenters. The Kier molecular flexibility index (Phi) is 3.92. The van der Waals surface area contributed by atoms with Gasteiger partial charge in [-0.1, -0.05) is 12.1 Å². The molecule has 4 heteroatoms. The second-order valence-corrected chi connectivity index (χ2v) is 5.90. The minimum absolute atomic E-state index is 0.0706. The summed E-state index contributed by atoms with van der Waals surface area (Å²) in [6.07, 6.45) is 4.82. The van der Waals surface area contributed by atoms with E-state index in [0.29, 0.717) is 36.3 Å². The van der Waals surface area contributed by atoms with Gasteiger partial charge in [-0.25, -0.2) is 0 Å². The fourth-order valence-corrected chi connectivity index (χ4v) is 2.39. The minimum atomic E-state index is -0.0706. The first-order chi connectivity index (χ1) is 9.78. The maximum absolute atomic E-state index is 12.4. The van der Waals surface area contributed by atoms with Crippen molar-refractivity contribution in [2.75, 3.05) is 13.2 Å². The number of nitrogens with two attached hydrogens (primary N) is 1. The van der Waals surface area contributed by atoms with Crippen LogP contribution in [-0.2, 0) is 0 Å². The Bertz CT molecular complexity index is 481. The third-order valence-corrected chi connectivity index (χ3v) is 4.06. The monoisotopic (exact) mass is 274 g/mol. The molecule has 4 nitrogen and oxygen atoms in total. The van der Waals surface area contributed by atoms with Crippen LogP contribution in [0.1, 0.15) is 36.0 Å². The van der Waals surface area contributed by atoms with Gasteiger partial charge in [0.2, 0.25) is 0 Å². The lowest BCUT2D eigenvalue weighted by Gasteiger charge is -2.17. The molecule has 108 valence electrons. The summed E-state index contributed by atoms with van der Waals surface area (Å²) >= 11 is 0. The number of carbonyl (C=O) groups excluding carboxylic acids is 1. The molecule has 1 unspecified atom stereocenters. The first-order valence-electron chi connectivity index (χ1n) is 7.50. The van der Waals surface area contributed by atoms with Crippen molar-refractivity contribution in [3.8, 4) is 5.75 Å². The van der Waals surface area contributed by atoms with Crippen LogP contribution in [0.3, 0.4) is 0 Å². The van der Waals surface area contributed by atoms with Crippen LogP contribution in [0, 0.1) is 11.8 Å². The third-order valence-electron chi connectivity index (χ3n) is 4.06. The zero-order chi connectivity index (χ0) is 13.9. The van der Waals surface area contributed by atoms with Gasteiger partial charge in [0, 0.05) is 12.6 Å². The number of benzene rings is 1. The average molecular weight is 274 g/mol. The molecule has 2 saturated carbocycles. The van der Waals surface area contributed by atoms with Crippen LogP contribution in [0.4, 0.5) is 0 Å². The van der Waals surface area contributed by atoms with Gasteiger partial charge in [-0.2, -0.15) is 0 Å². The summed E-state index contributed by atoms with van der Waals surface area (Å²) in [6.45, 7) is 1.22. The Morgan fingerprint density at radius 3 is 2.70 bits per heavy atom. The number of hydrogen-bond acceptors (Lipinski definition) is 3. The second kappa shape index (κ2) is 5.83. The molecule has 1 amide bonds. The number of ether oxygens (including phenoxy) is 1. The standard InChI is InChI=1S/C16H22N2O2/c17-9-14(12-7-8-12)18-16(19)13-3-1-2-4-15(13)20-10-11-5-6-11/h1-4,11-12,14H,5-10,17H2,(H,18,19). The summed E-state index contributed by atoms with van der Waals surface area (Å²) in [7, 11) is 0. The van der Waals surface area contributed by atoms with E-state index in [1.54, 1.807) is 0 Å². The maximum atomic E-state index is 12.4. The largest absolute Gasteiger partial charge is 0.492 e. The van der Waals surface area contributed by atoms with E-state index >= 15 is 0 Å². The summed E-state index contributed by atoms with van der Waals surface area (Å²) in [6, 6.07) is 7.55. The van der Waals surface area contributed by atoms with E-state index in [-0.39, 0.29) is 11.9 Å². The number of carbonyl (C=O) groups is 1. The van der Waals surface area contributed by atoms with Crippen LogP contribution in [0.5, 0.6) is 5.75 Å². The number of rotatable bonds is 7. The van der Waals surface area contributed by atoms with Gasteiger partial charge in [0.1, 0.15) is 5.75 Å². The van der Waals surface area contributed by atoms with Gasteiger partial charge in [0.15, 0.2) is 0 Å². The molecule has 0 spiro atoms. The number of amides is 1. The van der Waals surface area contributed by atoms with E-state index in [4.69, 9.17) is 10.5 Å². The Labute approximate surface area is 119 Å². The van der Waals surface area contributed by atoms with Crippen molar-refractivity contribution in [1.82, 2.24) is 5.32 Å². The van der Waals surface area contributed by atoms with Crippen molar-refractivity contribution in [2.45, 2.75) is 31.7 Å². The molecule has 0 saturated heterocycles. The normalized spacial score (nSPS) is 19.4. The number of para-hydroxylation sites is 1. The fraction of sp³-hybridized carbons (Fsp3) is 0.562. The van der Waals surface area contributed by atoms with Crippen molar-refractivity contribution in [3.63, 3.8) is 0 Å². The fourth-order valence-electron chi connectivity index (χ4n) is 2.39. The molecule has 3 N–H and O–H groups in total. The van der Waals surface area contributed by atoms with Crippen molar-refractivity contribution < 1.29 is 9.53 Å². The highest BCUT2D eigenvalue weighted by atomic mass is 16.5. The topological polar surface area (TPSA) is 64.3 Å². The summed E-state index contributed by atoms with van der Waals surface area (Å²) in [5.74, 6) is 1.85. The predicted octanol–water partition coefficient (Wildman–Crippen LogP) is 1.94. The molecule has 2 aliphatic rings. The molecule has 0 heterocycles. The molecule has 0 aliphatic heterocycles. The van der Waals surface area contributed by atoms with E-state index in [1.807, 2.05) is 24.3 Å².